The van der Waals surface area contributed by atoms with E-state index >= 15 is 0 Å². The third kappa shape index (κ3) is 2.74. The molecule has 3 heteroatoms. The third-order valence-corrected chi connectivity index (χ3v) is 4.05. The van der Waals surface area contributed by atoms with E-state index in [1.54, 1.807) is 12.4 Å². The van der Waals surface area contributed by atoms with Crippen LogP contribution in [0.3, 0.4) is 0 Å². The second kappa shape index (κ2) is 5.73. The molecule has 1 atom stereocenters. The van der Waals surface area contributed by atoms with E-state index in [-0.39, 0.29) is 0 Å². The molecule has 2 aromatic rings. The predicted molar refractivity (Wildman–Crippen MR) is 79.2 cm³/mol. The third-order valence-electron chi connectivity index (χ3n) is 4.05. The van der Waals surface area contributed by atoms with Crippen LogP contribution >= 0.6 is 0 Å². The molecule has 0 aliphatic heterocycles. The lowest BCUT2D eigenvalue weighted by Crippen LogP contribution is -2.40. The summed E-state index contributed by atoms with van der Waals surface area (Å²) in [7, 11) is 0. The maximum atomic E-state index is 10.9. The van der Waals surface area contributed by atoms with Gasteiger partial charge in [-0.3, -0.25) is 4.98 Å². The minimum absolute atomic E-state index is 0.590. The van der Waals surface area contributed by atoms with Crippen LogP contribution in [-0.4, -0.2) is 16.6 Å². The molecular formula is C17H20N2O. The van der Waals surface area contributed by atoms with Gasteiger partial charge in [0, 0.05) is 25.5 Å². The highest BCUT2D eigenvalue weighted by Gasteiger charge is 2.33. The summed E-state index contributed by atoms with van der Waals surface area (Å²) in [4.78, 5) is 4.01. The normalized spacial score (nSPS) is 21.4. The van der Waals surface area contributed by atoms with Gasteiger partial charge in [0.15, 0.2) is 0 Å². The lowest BCUT2D eigenvalue weighted by Gasteiger charge is -2.34. The maximum Gasteiger partial charge on any atom is 0.102 e. The molecule has 0 saturated carbocycles. The van der Waals surface area contributed by atoms with E-state index in [4.69, 9.17) is 0 Å². The van der Waals surface area contributed by atoms with Gasteiger partial charge in [0.05, 0.1) is 0 Å². The summed E-state index contributed by atoms with van der Waals surface area (Å²) in [6.07, 6.45) is 6.53. The summed E-state index contributed by atoms with van der Waals surface area (Å²) >= 11 is 0. The molecule has 1 aromatic carbocycles. The molecule has 3 nitrogen and oxygen atoms in total. The molecule has 0 spiro atoms. The Kier molecular flexibility index (Phi) is 3.81. The molecule has 104 valence electrons. The van der Waals surface area contributed by atoms with Crippen molar-refractivity contribution in [2.24, 2.45) is 0 Å². The van der Waals surface area contributed by atoms with Crippen LogP contribution in [-0.2, 0) is 18.6 Å². The molecular weight excluding hydrogens is 248 g/mol. The molecule has 0 fully saturated rings. The SMILES string of the molecule is OC1(CNCc2ccncc2)CCCc2ccccc21. The highest BCUT2D eigenvalue weighted by Crippen LogP contribution is 2.34. The van der Waals surface area contributed by atoms with Crippen molar-refractivity contribution >= 4 is 0 Å². The lowest BCUT2D eigenvalue weighted by molar-refractivity contribution is 0.0189. The van der Waals surface area contributed by atoms with Crippen LogP contribution in [0, 0.1) is 0 Å². The fourth-order valence-electron chi connectivity index (χ4n) is 3.00. The second-order valence-electron chi connectivity index (χ2n) is 5.50. The van der Waals surface area contributed by atoms with Crippen molar-refractivity contribution in [3.8, 4) is 0 Å². The first kappa shape index (κ1) is 13.3. The van der Waals surface area contributed by atoms with Crippen LogP contribution in [0.1, 0.15) is 29.5 Å². The number of rotatable bonds is 4. The number of hydrogen-bond acceptors (Lipinski definition) is 3. The summed E-state index contributed by atoms with van der Waals surface area (Å²) < 4.78 is 0. The minimum Gasteiger partial charge on any atom is -0.384 e. The zero-order chi connectivity index (χ0) is 13.8. The molecule has 0 bridgehead atoms. The first-order chi connectivity index (χ1) is 9.78. The Bertz CT molecular complexity index is 570. The number of aliphatic hydroxyl groups is 1. The standard InChI is InChI=1S/C17H20N2O/c20-17(13-19-12-14-7-10-18-11-8-14)9-3-5-15-4-1-2-6-16(15)17/h1-2,4,6-8,10-11,19-20H,3,5,9,12-13H2. The molecule has 2 N–H and O–H groups in total. The maximum absolute atomic E-state index is 10.9. The van der Waals surface area contributed by atoms with E-state index in [9.17, 15) is 5.11 Å². The Labute approximate surface area is 119 Å². The van der Waals surface area contributed by atoms with E-state index in [1.165, 1.54) is 11.1 Å². The number of benzene rings is 1. The molecule has 1 heterocycles. The molecule has 20 heavy (non-hydrogen) atoms. The van der Waals surface area contributed by atoms with Gasteiger partial charge in [0.25, 0.3) is 0 Å². The molecule has 0 amide bonds. The highest BCUT2D eigenvalue weighted by atomic mass is 16.3. The zero-order valence-electron chi connectivity index (χ0n) is 11.5. The molecule has 0 radical (unpaired) electrons. The summed E-state index contributed by atoms with van der Waals surface area (Å²) in [6.45, 7) is 1.35. The summed E-state index contributed by atoms with van der Waals surface area (Å²) in [5, 5.41) is 14.3. The van der Waals surface area contributed by atoms with Gasteiger partial charge in [-0.2, -0.15) is 0 Å². The van der Waals surface area contributed by atoms with Gasteiger partial charge in [-0.25, -0.2) is 0 Å². The van der Waals surface area contributed by atoms with Crippen LogP contribution < -0.4 is 5.32 Å². The van der Waals surface area contributed by atoms with Gasteiger partial charge >= 0.3 is 0 Å². The largest absolute Gasteiger partial charge is 0.384 e. The van der Waals surface area contributed by atoms with Gasteiger partial charge in [0.1, 0.15) is 5.60 Å². The molecule has 1 aliphatic rings. The number of aryl methyl sites for hydroxylation is 1. The van der Waals surface area contributed by atoms with E-state index in [0.717, 1.165) is 31.4 Å². The molecule has 1 unspecified atom stereocenters. The van der Waals surface area contributed by atoms with Crippen molar-refractivity contribution < 1.29 is 5.11 Å². The fourth-order valence-corrected chi connectivity index (χ4v) is 3.00. The van der Waals surface area contributed by atoms with E-state index in [1.807, 2.05) is 18.2 Å². The van der Waals surface area contributed by atoms with Crippen molar-refractivity contribution in [3.05, 3.63) is 65.5 Å². The van der Waals surface area contributed by atoms with E-state index in [2.05, 4.69) is 28.5 Å². The van der Waals surface area contributed by atoms with Crippen LogP contribution in [0.5, 0.6) is 0 Å². The Balaban J connectivity index is 1.68. The van der Waals surface area contributed by atoms with Crippen LogP contribution in [0.25, 0.3) is 0 Å². The van der Waals surface area contributed by atoms with Crippen LogP contribution in [0.4, 0.5) is 0 Å². The Hall–Kier alpha value is -1.71. The molecule has 1 aliphatic carbocycles. The molecule has 1 aromatic heterocycles. The van der Waals surface area contributed by atoms with E-state index in [0.29, 0.717) is 6.54 Å². The topological polar surface area (TPSA) is 45.1 Å². The Morgan fingerprint density at radius 1 is 1.15 bits per heavy atom. The number of aromatic nitrogens is 1. The first-order valence-electron chi connectivity index (χ1n) is 7.18. The zero-order valence-corrected chi connectivity index (χ0v) is 11.5. The fraction of sp³-hybridized carbons (Fsp3) is 0.353. The van der Waals surface area contributed by atoms with Crippen molar-refractivity contribution in [2.45, 2.75) is 31.4 Å². The first-order valence-corrected chi connectivity index (χ1v) is 7.18. The van der Waals surface area contributed by atoms with Gasteiger partial charge in [-0.1, -0.05) is 24.3 Å². The van der Waals surface area contributed by atoms with Crippen molar-refractivity contribution in [2.75, 3.05) is 6.54 Å². The van der Waals surface area contributed by atoms with Crippen molar-refractivity contribution in [1.29, 1.82) is 0 Å². The van der Waals surface area contributed by atoms with Gasteiger partial charge in [-0.15, -0.1) is 0 Å². The average Bonchev–Trinajstić information content (AvgIpc) is 2.49. The number of pyridine rings is 1. The Morgan fingerprint density at radius 2 is 1.95 bits per heavy atom. The quantitative estimate of drug-likeness (QED) is 0.895. The van der Waals surface area contributed by atoms with Crippen LogP contribution in [0.15, 0.2) is 48.8 Å². The number of nitrogens with one attached hydrogen (secondary N) is 1. The minimum atomic E-state index is -0.734. The highest BCUT2D eigenvalue weighted by molar-refractivity contribution is 5.35. The number of fused-ring (bicyclic) bond motifs is 1. The van der Waals surface area contributed by atoms with Crippen LogP contribution in [0.2, 0.25) is 0 Å². The van der Waals surface area contributed by atoms with Gasteiger partial charge < -0.3 is 10.4 Å². The average molecular weight is 268 g/mol. The predicted octanol–water partition coefficient (Wildman–Crippen LogP) is 2.40. The van der Waals surface area contributed by atoms with Gasteiger partial charge in [0.2, 0.25) is 0 Å². The van der Waals surface area contributed by atoms with E-state index < -0.39 is 5.60 Å². The van der Waals surface area contributed by atoms with Crippen molar-refractivity contribution in [1.82, 2.24) is 10.3 Å². The summed E-state index contributed by atoms with van der Waals surface area (Å²) in [5.74, 6) is 0. The second-order valence-corrected chi connectivity index (χ2v) is 5.50. The monoisotopic (exact) mass is 268 g/mol. The Morgan fingerprint density at radius 3 is 2.80 bits per heavy atom. The van der Waals surface area contributed by atoms with Gasteiger partial charge in [-0.05, 0) is 48.1 Å². The lowest BCUT2D eigenvalue weighted by atomic mass is 9.79. The number of nitrogens with zero attached hydrogens (tertiary/aromatic N) is 1. The molecule has 0 saturated heterocycles. The number of hydrogen-bond donors (Lipinski definition) is 2. The smallest absolute Gasteiger partial charge is 0.102 e. The molecule has 3 rings (SSSR count). The van der Waals surface area contributed by atoms with Crippen molar-refractivity contribution in [3.63, 3.8) is 0 Å². The summed E-state index contributed by atoms with van der Waals surface area (Å²) in [5.41, 5.74) is 2.83. The summed E-state index contributed by atoms with van der Waals surface area (Å²) in [6, 6.07) is 12.2.